The van der Waals surface area contributed by atoms with Gasteiger partial charge in [-0.05, 0) is 24.3 Å². The normalized spacial score (nSPS) is 11.7. The monoisotopic (exact) mass is 206 g/mol. The second kappa shape index (κ2) is 5.32. The number of ether oxygens (including phenoxy) is 1. The fourth-order valence-electron chi connectivity index (χ4n) is 1.25. The molecule has 1 nitrogen and oxygen atoms in total. The highest BCUT2D eigenvalue weighted by atomic mass is 16.5. The standard InChI is InChI=1S/C14H22O/c1-12-5-7-13(8-6-12)11-15-10-9-14(2,3)4/h5-8H,9-11H2,1-4H3. The molecule has 0 spiro atoms. The zero-order valence-corrected chi connectivity index (χ0v) is 10.3. The number of benzene rings is 1. The van der Waals surface area contributed by atoms with Gasteiger partial charge in [0.2, 0.25) is 0 Å². The van der Waals surface area contributed by atoms with Gasteiger partial charge in [-0.15, -0.1) is 0 Å². The predicted octanol–water partition coefficient (Wildman–Crippen LogP) is 3.95. The van der Waals surface area contributed by atoms with Crippen LogP contribution in [0.25, 0.3) is 0 Å². The molecule has 0 saturated heterocycles. The van der Waals surface area contributed by atoms with Crippen LogP contribution in [-0.4, -0.2) is 6.61 Å². The first-order valence-electron chi connectivity index (χ1n) is 5.61. The third-order valence-electron chi connectivity index (χ3n) is 2.39. The first kappa shape index (κ1) is 12.3. The highest BCUT2D eigenvalue weighted by Crippen LogP contribution is 2.18. The SMILES string of the molecule is Cc1ccc(COCCC(C)(C)C)cc1. The molecule has 1 aromatic carbocycles. The molecular weight excluding hydrogens is 184 g/mol. The Labute approximate surface area is 93.5 Å². The molecule has 0 heterocycles. The van der Waals surface area contributed by atoms with Gasteiger partial charge in [0.05, 0.1) is 6.61 Å². The van der Waals surface area contributed by atoms with Gasteiger partial charge in [0.1, 0.15) is 0 Å². The van der Waals surface area contributed by atoms with Crippen LogP contribution < -0.4 is 0 Å². The van der Waals surface area contributed by atoms with Crippen molar-refractivity contribution in [3.05, 3.63) is 35.4 Å². The van der Waals surface area contributed by atoms with E-state index in [0.29, 0.717) is 5.41 Å². The lowest BCUT2D eigenvalue weighted by atomic mass is 9.93. The van der Waals surface area contributed by atoms with E-state index in [0.717, 1.165) is 19.6 Å². The number of hydrogen-bond acceptors (Lipinski definition) is 1. The molecule has 0 aliphatic rings. The minimum atomic E-state index is 0.368. The molecule has 1 aromatic rings. The molecule has 0 N–H and O–H groups in total. The van der Waals surface area contributed by atoms with Crippen LogP contribution in [0.3, 0.4) is 0 Å². The molecular formula is C14H22O. The zero-order valence-electron chi connectivity index (χ0n) is 10.3. The van der Waals surface area contributed by atoms with E-state index in [4.69, 9.17) is 4.74 Å². The fourth-order valence-corrected chi connectivity index (χ4v) is 1.25. The summed E-state index contributed by atoms with van der Waals surface area (Å²) in [6.07, 6.45) is 1.11. The van der Waals surface area contributed by atoms with Gasteiger partial charge in [0.25, 0.3) is 0 Å². The molecule has 0 bridgehead atoms. The Hall–Kier alpha value is -0.820. The maximum atomic E-state index is 5.64. The molecule has 0 atom stereocenters. The summed E-state index contributed by atoms with van der Waals surface area (Å²) in [6, 6.07) is 8.52. The smallest absolute Gasteiger partial charge is 0.0716 e. The summed E-state index contributed by atoms with van der Waals surface area (Å²) in [7, 11) is 0. The summed E-state index contributed by atoms with van der Waals surface area (Å²) >= 11 is 0. The molecule has 84 valence electrons. The van der Waals surface area contributed by atoms with Crippen LogP contribution in [0.2, 0.25) is 0 Å². The molecule has 0 unspecified atom stereocenters. The Kier molecular flexibility index (Phi) is 4.34. The first-order valence-corrected chi connectivity index (χ1v) is 5.61. The van der Waals surface area contributed by atoms with Crippen molar-refractivity contribution in [2.24, 2.45) is 5.41 Å². The van der Waals surface area contributed by atoms with Gasteiger partial charge in [-0.2, -0.15) is 0 Å². The second-order valence-electron chi connectivity index (χ2n) is 5.35. The van der Waals surface area contributed by atoms with E-state index in [1.807, 2.05) is 0 Å². The van der Waals surface area contributed by atoms with Gasteiger partial charge in [0, 0.05) is 6.61 Å². The molecule has 0 aliphatic carbocycles. The van der Waals surface area contributed by atoms with Crippen LogP contribution >= 0.6 is 0 Å². The number of aryl methyl sites for hydroxylation is 1. The van der Waals surface area contributed by atoms with E-state index in [9.17, 15) is 0 Å². The Morgan fingerprint density at radius 2 is 1.67 bits per heavy atom. The third kappa shape index (κ3) is 5.58. The summed E-state index contributed by atoms with van der Waals surface area (Å²) in [4.78, 5) is 0. The van der Waals surface area contributed by atoms with E-state index in [-0.39, 0.29) is 0 Å². The lowest BCUT2D eigenvalue weighted by Gasteiger charge is -2.17. The average Bonchev–Trinajstić information content (AvgIpc) is 2.14. The molecule has 0 radical (unpaired) electrons. The average molecular weight is 206 g/mol. The van der Waals surface area contributed by atoms with Crippen LogP contribution in [0.15, 0.2) is 24.3 Å². The Morgan fingerprint density at radius 1 is 1.07 bits per heavy atom. The van der Waals surface area contributed by atoms with Gasteiger partial charge in [-0.3, -0.25) is 0 Å². The van der Waals surface area contributed by atoms with Crippen LogP contribution in [0.4, 0.5) is 0 Å². The van der Waals surface area contributed by atoms with Crippen molar-refractivity contribution in [1.82, 2.24) is 0 Å². The van der Waals surface area contributed by atoms with Crippen LogP contribution in [-0.2, 0) is 11.3 Å². The molecule has 1 heteroatoms. The van der Waals surface area contributed by atoms with Crippen molar-refractivity contribution in [2.75, 3.05) is 6.61 Å². The lowest BCUT2D eigenvalue weighted by Crippen LogP contribution is -2.09. The third-order valence-corrected chi connectivity index (χ3v) is 2.39. The summed E-state index contributed by atoms with van der Waals surface area (Å²) in [5, 5.41) is 0. The molecule has 0 aliphatic heterocycles. The zero-order chi connectivity index (χ0) is 11.3. The summed E-state index contributed by atoms with van der Waals surface area (Å²) in [5.74, 6) is 0. The largest absolute Gasteiger partial charge is 0.377 e. The quantitative estimate of drug-likeness (QED) is 0.678. The van der Waals surface area contributed by atoms with Gasteiger partial charge < -0.3 is 4.74 Å². The van der Waals surface area contributed by atoms with Gasteiger partial charge in [-0.1, -0.05) is 50.6 Å². The van der Waals surface area contributed by atoms with Crippen molar-refractivity contribution in [3.63, 3.8) is 0 Å². The Morgan fingerprint density at radius 3 is 2.20 bits per heavy atom. The van der Waals surface area contributed by atoms with Crippen molar-refractivity contribution < 1.29 is 4.74 Å². The predicted molar refractivity (Wildman–Crippen MR) is 64.9 cm³/mol. The van der Waals surface area contributed by atoms with Gasteiger partial charge in [-0.25, -0.2) is 0 Å². The van der Waals surface area contributed by atoms with Gasteiger partial charge in [0.15, 0.2) is 0 Å². The van der Waals surface area contributed by atoms with E-state index < -0.39 is 0 Å². The Bertz CT molecular complexity index is 279. The first-order chi connectivity index (χ1) is 6.97. The van der Waals surface area contributed by atoms with Crippen molar-refractivity contribution in [3.8, 4) is 0 Å². The minimum absolute atomic E-state index is 0.368. The summed E-state index contributed by atoms with van der Waals surface area (Å²) < 4.78 is 5.64. The van der Waals surface area contributed by atoms with E-state index in [2.05, 4.69) is 52.0 Å². The van der Waals surface area contributed by atoms with Crippen LogP contribution in [0, 0.1) is 12.3 Å². The molecule has 0 saturated carbocycles. The van der Waals surface area contributed by atoms with E-state index in [1.165, 1.54) is 11.1 Å². The fraction of sp³-hybridized carbons (Fsp3) is 0.571. The van der Waals surface area contributed by atoms with Crippen LogP contribution in [0.5, 0.6) is 0 Å². The summed E-state index contributed by atoms with van der Waals surface area (Å²) in [6.45, 7) is 10.4. The molecule has 15 heavy (non-hydrogen) atoms. The number of hydrogen-bond donors (Lipinski definition) is 0. The highest BCUT2D eigenvalue weighted by molar-refractivity contribution is 5.20. The molecule has 1 rings (SSSR count). The van der Waals surface area contributed by atoms with Gasteiger partial charge >= 0.3 is 0 Å². The maximum Gasteiger partial charge on any atom is 0.0716 e. The van der Waals surface area contributed by atoms with Crippen molar-refractivity contribution in [2.45, 2.75) is 40.7 Å². The van der Waals surface area contributed by atoms with Crippen LogP contribution in [0.1, 0.15) is 38.3 Å². The molecule has 0 amide bonds. The molecule has 0 fully saturated rings. The van der Waals surface area contributed by atoms with E-state index >= 15 is 0 Å². The number of rotatable bonds is 4. The minimum Gasteiger partial charge on any atom is -0.377 e. The van der Waals surface area contributed by atoms with Crippen molar-refractivity contribution >= 4 is 0 Å². The lowest BCUT2D eigenvalue weighted by molar-refractivity contribution is 0.0962. The van der Waals surface area contributed by atoms with E-state index in [1.54, 1.807) is 0 Å². The highest BCUT2D eigenvalue weighted by Gasteiger charge is 2.09. The topological polar surface area (TPSA) is 9.23 Å². The van der Waals surface area contributed by atoms with Crippen molar-refractivity contribution in [1.29, 1.82) is 0 Å². The summed E-state index contributed by atoms with van der Waals surface area (Å²) in [5.41, 5.74) is 2.93. The second-order valence-corrected chi connectivity index (χ2v) is 5.35. The molecule has 0 aromatic heterocycles. The maximum absolute atomic E-state index is 5.64. The Balaban J connectivity index is 2.23.